The van der Waals surface area contributed by atoms with Gasteiger partial charge >= 0.3 is 0 Å². The first kappa shape index (κ1) is 20.3. The Morgan fingerprint density at radius 1 is 0.774 bits per heavy atom. The number of benzene rings is 3. The third kappa shape index (κ3) is 4.29. The number of hydrogen-bond acceptors (Lipinski definition) is 4. The average molecular weight is 413 g/mol. The average Bonchev–Trinajstić information content (AvgIpc) is 2.84. The molecule has 0 spiro atoms. The van der Waals surface area contributed by atoms with Crippen molar-refractivity contribution in [3.8, 4) is 0 Å². The van der Waals surface area contributed by atoms with Crippen molar-refractivity contribution in [2.75, 3.05) is 5.43 Å². The highest BCUT2D eigenvalue weighted by Crippen LogP contribution is 2.36. The summed E-state index contributed by atoms with van der Waals surface area (Å²) in [7, 11) is 0. The predicted molar refractivity (Wildman–Crippen MR) is 117 cm³/mol. The van der Waals surface area contributed by atoms with E-state index in [0.29, 0.717) is 16.8 Å². The third-order valence-electron chi connectivity index (χ3n) is 5.00. The summed E-state index contributed by atoms with van der Waals surface area (Å²) in [6.45, 7) is 0. The Morgan fingerprint density at radius 3 is 1.84 bits per heavy atom. The summed E-state index contributed by atoms with van der Waals surface area (Å²) in [5.74, 6) is -0.976. The van der Waals surface area contributed by atoms with Gasteiger partial charge < -0.3 is 5.11 Å². The van der Waals surface area contributed by atoms with Crippen molar-refractivity contribution in [3.63, 3.8) is 0 Å². The monoisotopic (exact) mass is 413 g/mol. The first-order valence-electron chi connectivity index (χ1n) is 9.69. The molecule has 0 aliphatic heterocycles. The molecule has 0 radical (unpaired) electrons. The molecule has 154 valence electrons. The molecule has 0 unspecified atom stereocenters. The Labute approximate surface area is 179 Å². The summed E-state index contributed by atoms with van der Waals surface area (Å²) in [6.07, 6.45) is 1.28. The van der Waals surface area contributed by atoms with Gasteiger partial charge in [0.05, 0.1) is 11.9 Å². The van der Waals surface area contributed by atoms with Crippen molar-refractivity contribution in [1.82, 2.24) is 10.4 Å². The van der Waals surface area contributed by atoms with Crippen molar-refractivity contribution in [2.45, 2.75) is 5.60 Å². The Hall–Kier alpha value is -4.03. The van der Waals surface area contributed by atoms with E-state index in [2.05, 4.69) is 15.8 Å². The highest BCUT2D eigenvalue weighted by Gasteiger charge is 2.33. The number of amides is 1. The molecule has 6 heteroatoms. The van der Waals surface area contributed by atoms with Crippen molar-refractivity contribution >= 4 is 11.6 Å². The summed E-state index contributed by atoms with van der Waals surface area (Å²) >= 11 is 0. The van der Waals surface area contributed by atoms with Gasteiger partial charge in [0.2, 0.25) is 5.95 Å². The largest absolute Gasteiger partial charge is 0.376 e. The fraction of sp³-hybridized carbons (Fsp3) is 0.0400. The molecule has 5 nitrogen and oxygen atoms in total. The van der Waals surface area contributed by atoms with Gasteiger partial charge in [0, 0.05) is 5.56 Å². The summed E-state index contributed by atoms with van der Waals surface area (Å²) in [4.78, 5) is 16.0. The van der Waals surface area contributed by atoms with E-state index in [1.165, 1.54) is 18.3 Å². The molecule has 31 heavy (non-hydrogen) atoms. The molecular weight excluding hydrogens is 393 g/mol. The first-order valence-corrected chi connectivity index (χ1v) is 9.69. The molecule has 4 rings (SSSR count). The van der Waals surface area contributed by atoms with E-state index in [4.69, 9.17) is 0 Å². The van der Waals surface area contributed by atoms with Crippen molar-refractivity contribution in [1.29, 1.82) is 0 Å². The molecule has 0 bridgehead atoms. The fourth-order valence-corrected chi connectivity index (χ4v) is 3.37. The number of carbonyl (C=O) groups is 1. The van der Waals surface area contributed by atoms with Gasteiger partial charge in [0.1, 0.15) is 5.60 Å². The number of hydrogen-bond donors (Lipinski definition) is 3. The van der Waals surface area contributed by atoms with Crippen LogP contribution in [0.3, 0.4) is 0 Å². The zero-order valence-electron chi connectivity index (χ0n) is 16.5. The third-order valence-corrected chi connectivity index (χ3v) is 5.00. The molecule has 3 N–H and O–H groups in total. The van der Waals surface area contributed by atoms with Gasteiger partial charge in [-0.25, -0.2) is 4.98 Å². The highest BCUT2D eigenvalue weighted by atomic mass is 19.1. The Bertz CT molecular complexity index is 1110. The van der Waals surface area contributed by atoms with E-state index in [1.54, 1.807) is 24.3 Å². The van der Waals surface area contributed by atoms with Gasteiger partial charge in [-0.3, -0.25) is 15.6 Å². The van der Waals surface area contributed by atoms with E-state index in [-0.39, 0.29) is 5.91 Å². The number of nitrogens with one attached hydrogen (secondary N) is 2. The molecule has 1 heterocycles. The normalized spacial score (nSPS) is 11.0. The van der Waals surface area contributed by atoms with Crippen LogP contribution in [0, 0.1) is 5.95 Å². The number of pyridine rings is 1. The number of aliphatic hydroxyl groups is 1. The summed E-state index contributed by atoms with van der Waals surface area (Å²) < 4.78 is 12.9. The molecule has 3 aromatic carbocycles. The molecule has 0 saturated heterocycles. The summed E-state index contributed by atoms with van der Waals surface area (Å²) in [5.41, 5.74) is 6.80. The quantitative estimate of drug-likeness (QED) is 0.251. The molecule has 0 aliphatic carbocycles. The van der Waals surface area contributed by atoms with E-state index in [1.807, 2.05) is 60.7 Å². The van der Waals surface area contributed by atoms with Crippen LogP contribution in [0.5, 0.6) is 0 Å². The van der Waals surface area contributed by atoms with Gasteiger partial charge in [-0.1, -0.05) is 72.8 Å². The lowest BCUT2D eigenvalue weighted by Gasteiger charge is -2.30. The number of carbonyl (C=O) groups excluding carboxylic acids is 1. The maximum Gasteiger partial charge on any atom is 0.269 e. The van der Waals surface area contributed by atoms with Crippen molar-refractivity contribution in [3.05, 3.63) is 131 Å². The van der Waals surface area contributed by atoms with Gasteiger partial charge in [-0.05, 0) is 41.0 Å². The van der Waals surface area contributed by atoms with Crippen LogP contribution in [0.25, 0.3) is 0 Å². The van der Waals surface area contributed by atoms with Crippen LogP contribution in [-0.4, -0.2) is 16.0 Å². The van der Waals surface area contributed by atoms with Crippen LogP contribution >= 0.6 is 0 Å². The van der Waals surface area contributed by atoms with E-state index < -0.39 is 11.5 Å². The number of hydrazine groups is 1. The zero-order valence-corrected chi connectivity index (χ0v) is 16.5. The Morgan fingerprint density at radius 2 is 1.32 bits per heavy atom. The number of rotatable bonds is 6. The second-order valence-electron chi connectivity index (χ2n) is 6.97. The van der Waals surface area contributed by atoms with Crippen LogP contribution in [0.15, 0.2) is 103 Å². The number of halogens is 1. The number of nitrogens with zero attached hydrogens (tertiary/aromatic N) is 1. The minimum absolute atomic E-state index is 0.376. The van der Waals surface area contributed by atoms with E-state index in [9.17, 15) is 14.3 Å². The van der Waals surface area contributed by atoms with Crippen LogP contribution in [-0.2, 0) is 5.60 Å². The SMILES string of the molecule is O=C(NNc1ccc(F)nc1)c1ccc(C(O)(c2ccccc2)c2ccccc2)cc1. The van der Waals surface area contributed by atoms with E-state index >= 15 is 0 Å². The Kier molecular flexibility index (Phi) is 5.73. The van der Waals surface area contributed by atoms with Crippen LogP contribution in [0.1, 0.15) is 27.0 Å². The molecule has 0 aliphatic rings. The molecule has 1 aromatic heterocycles. The predicted octanol–water partition coefficient (Wildman–Crippen LogP) is 4.26. The lowest BCUT2D eigenvalue weighted by atomic mass is 9.80. The first-order chi connectivity index (χ1) is 15.1. The highest BCUT2D eigenvalue weighted by molar-refractivity contribution is 5.94. The molecule has 1 amide bonds. The van der Waals surface area contributed by atoms with Crippen LogP contribution in [0.4, 0.5) is 10.1 Å². The number of anilines is 1. The maximum atomic E-state index is 12.9. The summed E-state index contributed by atoms with van der Waals surface area (Å²) in [5, 5.41) is 11.8. The fourth-order valence-electron chi connectivity index (χ4n) is 3.37. The second kappa shape index (κ2) is 8.77. The topological polar surface area (TPSA) is 74.2 Å². The van der Waals surface area contributed by atoms with Gasteiger partial charge in [0.25, 0.3) is 5.91 Å². The standard InChI is InChI=1S/C25H20FN3O2/c26-23-16-15-22(17-27-23)28-29-24(30)18-11-13-21(14-12-18)25(31,19-7-3-1-4-8-19)20-9-5-2-6-10-20/h1-17,28,31H,(H,29,30). The number of aromatic nitrogens is 1. The molecular formula is C25H20FN3O2. The minimum atomic E-state index is -1.37. The van der Waals surface area contributed by atoms with Crippen LogP contribution in [0.2, 0.25) is 0 Å². The summed E-state index contributed by atoms with van der Waals surface area (Å²) in [6, 6.07) is 28.2. The zero-order chi connectivity index (χ0) is 21.7. The van der Waals surface area contributed by atoms with Crippen LogP contribution < -0.4 is 10.9 Å². The van der Waals surface area contributed by atoms with Gasteiger partial charge in [0.15, 0.2) is 0 Å². The van der Waals surface area contributed by atoms with Gasteiger partial charge in [-0.2, -0.15) is 4.39 Å². The lowest BCUT2D eigenvalue weighted by Crippen LogP contribution is -2.30. The smallest absolute Gasteiger partial charge is 0.269 e. The van der Waals surface area contributed by atoms with Gasteiger partial charge in [-0.15, -0.1) is 0 Å². The molecule has 0 fully saturated rings. The molecule has 0 atom stereocenters. The maximum absolute atomic E-state index is 12.9. The molecule has 4 aromatic rings. The Balaban J connectivity index is 1.59. The molecule has 0 saturated carbocycles. The minimum Gasteiger partial charge on any atom is -0.376 e. The lowest BCUT2D eigenvalue weighted by molar-refractivity contribution is 0.0961. The van der Waals surface area contributed by atoms with E-state index in [0.717, 1.165) is 11.1 Å². The van der Waals surface area contributed by atoms with Crippen molar-refractivity contribution in [2.24, 2.45) is 0 Å². The van der Waals surface area contributed by atoms with Crippen molar-refractivity contribution < 1.29 is 14.3 Å². The second-order valence-corrected chi connectivity index (χ2v) is 6.97.